The smallest absolute Gasteiger partial charge is 0.0210 e. The van der Waals surface area contributed by atoms with Crippen molar-refractivity contribution in [2.24, 2.45) is 11.8 Å². The maximum absolute atomic E-state index is 5.42. The highest BCUT2D eigenvalue weighted by Crippen LogP contribution is 2.34. The maximum Gasteiger partial charge on any atom is 0.0210 e. The second-order valence-corrected chi connectivity index (χ2v) is 3.67. The standard InChI is InChI=1S/C9H20N2/c1-2-3-9(11-10)7-6-8-4-5-8/h8-9,11H,2-7,10H2,1H3. The Morgan fingerprint density at radius 2 is 2.18 bits per heavy atom. The van der Waals surface area contributed by atoms with Crippen molar-refractivity contribution < 1.29 is 0 Å². The summed E-state index contributed by atoms with van der Waals surface area (Å²) in [5.41, 5.74) is 2.89. The predicted octanol–water partition coefficient (Wildman–Crippen LogP) is 1.81. The fraction of sp³-hybridized carbons (Fsp3) is 1.00. The van der Waals surface area contributed by atoms with E-state index in [9.17, 15) is 0 Å². The second-order valence-electron chi connectivity index (χ2n) is 3.67. The average molecular weight is 156 g/mol. The molecule has 11 heavy (non-hydrogen) atoms. The van der Waals surface area contributed by atoms with Crippen LogP contribution < -0.4 is 11.3 Å². The second kappa shape index (κ2) is 4.73. The summed E-state index contributed by atoms with van der Waals surface area (Å²) in [5, 5.41) is 0. The van der Waals surface area contributed by atoms with E-state index in [4.69, 9.17) is 5.84 Å². The normalized spacial score (nSPS) is 20.2. The number of nitrogens with one attached hydrogen (secondary N) is 1. The molecule has 0 radical (unpaired) electrons. The van der Waals surface area contributed by atoms with Crippen LogP contribution in [-0.2, 0) is 0 Å². The molecule has 2 nitrogen and oxygen atoms in total. The molecular weight excluding hydrogens is 136 g/mol. The summed E-state index contributed by atoms with van der Waals surface area (Å²) in [4.78, 5) is 0. The van der Waals surface area contributed by atoms with Gasteiger partial charge < -0.3 is 0 Å². The third kappa shape index (κ3) is 3.73. The van der Waals surface area contributed by atoms with Gasteiger partial charge in [-0.2, -0.15) is 0 Å². The van der Waals surface area contributed by atoms with Gasteiger partial charge in [-0.15, -0.1) is 0 Å². The van der Waals surface area contributed by atoms with Crippen molar-refractivity contribution >= 4 is 0 Å². The van der Waals surface area contributed by atoms with Gasteiger partial charge in [0.05, 0.1) is 0 Å². The van der Waals surface area contributed by atoms with E-state index in [1.54, 1.807) is 0 Å². The molecule has 0 aromatic carbocycles. The number of hydrogen-bond acceptors (Lipinski definition) is 2. The summed E-state index contributed by atoms with van der Waals surface area (Å²) in [6.45, 7) is 2.21. The van der Waals surface area contributed by atoms with Crippen LogP contribution in [0.4, 0.5) is 0 Å². The van der Waals surface area contributed by atoms with Gasteiger partial charge in [-0.3, -0.25) is 11.3 Å². The minimum absolute atomic E-state index is 0.570. The van der Waals surface area contributed by atoms with Crippen molar-refractivity contribution in [1.29, 1.82) is 0 Å². The number of hydrogen-bond donors (Lipinski definition) is 2. The lowest BCUT2D eigenvalue weighted by Crippen LogP contribution is -2.34. The molecule has 0 saturated heterocycles. The van der Waals surface area contributed by atoms with Gasteiger partial charge in [0, 0.05) is 6.04 Å². The minimum Gasteiger partial charge on any atom is -0.271 e. The highest BCUT2D eigenvalue weighted by atomic mass is 15.2. The van der Waals surface area contributed by atoms with Gasteiger partial charge in [0.2, 0.25) is 0 Å². The highest BCUT2D eigenvalue weighted by Gasteiger charge is 2.21. The lowest BCUT2D eigenvalue weighted by molar-refractivity contribution is 0.436. The largest absolute Gasteiger partial charge is 0.271 e. The zero-order valence-electron chi connectivity index (χ0n) is 7.47. The molecule has 66 valence electrons. The van der Waals surface area contributed by atoms with Crippen molar-refractivity contribution in [2.75, 3.05) is 0 Å². The number of nitrogens with two attached hydrogens (primary N) is 1. The van der Waals surface area contributed by atoms with Crippen LogP contribution in [0.3, 0.4) is 0 Å². The molecule has 1 unspecified atom stereocenters. The zero-order valence-corrected chi connectivity index (χ0v) is 7.47. The van der Waals surface area contributed by atoms with Crippen molar-refractivity contribution in [2.45, 2.75) is 51.5 Å². The van der Waals surface area contributed by atoms with E-state index in [2.05, 4.69) is 12.3 Å². The first-order valence-electron chi connectivity index (χ1n) is 4.83. The average Bonchev–Trinajstić information content (AvgIpc) is 2.81. The third-order valence-electron chi connectivity index (χ3n) is 2.49. The van der Waals surface area contributed by atoms with E-state index in [1.165, 1.54) is 38.5 Å². The summed E-state index contributed by atoms with van der Waals surface area (Å²) < 4.78 is 0. The van der Waals surface area contributed by atoms with E-state index in [0.29, 0.717) is 6.04 Å². The third-order valence-corrected chi connectivity index (χ3v) is 2.49. The van der Waals surface area contributed by atoms with E-state index in [1.807, 2.05) is 0 Å². The molecule has 1 aliphatic rings. The Bertz CT molecular complexity index is 99.7. The van der Waals surface area contributed by atoms with Gasteiger partial charge >= 0.3 is 0 Å². The van der Waals surface area contributed by atoms with Crippen LogP contribution in [-0.4, -0.2) is 6.04 Å². The lowest BCUT2D eigenvalue weighted by atomic mass is 10.1. The van der Waals surface area contributed by atoms with Crippen LogP contribution in [0, 0.1) is 5.92 Å². The molecule has 3 N–H and O–H groups in total. The van der Waals surface area contributed by atoms with Crippen molar-refractivity contribution in [3.05, 3.63) is 0 Å². The van der Waals surface area contributed by atoms with Crippen LogP contribution >= 0.6 is 0 Å². The monoisotopic (exact) mass is 156 g/mol. The molecule has 0 spiro atoms. The Morgan fingerprint density at radius 3 is 2.64 bits per heavy atom. The fourth-order valence-electron chi connectivity index (χ4n) is 1.50. The highest BCUT2D eigenvalue weighted by molar-refractivity contribution is 4.75. The van der Waals surface area contributed by atoms with E-state index < -0.39 is 0 Å². The Hall–Kier alpha value is -0.0800. The summed E-state index contributed by atoms with van der Waals surface area (Å²) in [7, 11) is 0. The molecular formula is C9H20N2. The molecule has 0 bridgehead atoms. The summed E-state index contributed by atoms with van der Waals surface area (Å²) in [6.07, 6.45) is 8.04. The van der Waals surface area contributed by atoms with E-state index in [-0.39, 0.29) is 0 Å². The maximum atomic E-state index is 5.42. The molecule has 1 fully saturated rings. The molecule has 0 amide bonds. The quantitative estimate of drug-likeness (QED) is 0.454. The van der Waals surface area contributed by atoms with Crippen molar-refractivity contribution in [1.82, 2.24) is 5.43 Å². The Morgan fingerprint density at radius 1 is 1.45 bits per heavy atom. The molecule has 1 aliphatic carbocycles. The van der Waals surface area contributed by atoms with E-state index in [0.717, 1.165) is 5.92 Å². The molecule has 1 rings (SSSR count). The van der Waals surface area contributed by atoms with Crippen LogP contribution in [0.15, 0.2) is 0 Å². The van der Waals surface area contributed by atoms with Crippen molar-refractivity contribution in [3.8, 4) is 0 Å². The topological polar surface area (TPSA) is 38.0 Å². The van der Waals surface area contributed by atoms with E-state index >= 15 is 0 Å². The minimum atomic E-state index is 0.570. The Labute approximate surface area is 69.5 Å². The van der Waals surface area contributed by atoms with Gasteiger partial charge in [-0.05, 0) is 25.2 Å². The predicted molar refractivity (Wildman–Crippen MR) is 48.0 cm³/mol. The van der Waals surface area contributed by atoms with Crippen LogP contribution in [0.2, 0.25) is 0 Å². The molecule has 1 atom stereocenters. The Balaban J connectivity index is 1.98. The molecule has 2 heteroatoms. The zero-order chi connectivity index (χ0) is 8.10. The summed E-state index contributed by atoms with van der Waals surface area (Å²) >= 11 is 0. The van der Waals surface area contributed by atoms with Gasteiger partial charge in [-0.25, -0.2) is 0 Å². The van der Waals surface area contributed by atoms with Crippen molar-refractivity contribution in [3.63, 3.8) is 0 Å². The summed E-state index contributed by atoms with van der Waals surface area (Å²) in [6, 6.07) is 0.570. The van der Waals surface area contributed by atoms with Crippen LogP contribution in [0.25, 0.3) is 0 Å². The van der Waals surface area contributed by atoms with Gasteiger partial charge in [0.25, 0.3) is 0 Å². The Kier molecular flexibility index (Phi) is 3.87. The number of hydrazine groups is 1. The van der Waals surface area contributed by atoms with Gasteiger partial charge in [0.15, 0.2) is 0 Å². The van der Waals surface area contributed by atoms with Gasteiger partial charge in [-0.1, -0.05) is 26.2 Å². The fourth-order valence-corrected chi connectivity index (χ4v) is 1.50. The van der Waals surface area contributed by atoms with Gasteiger partial charge in [0.1, 0.15) is 0 Å². The van der Waals surface area contributed by atoms with Crippen LogP contribution in [0.5, 0.6) is 0 Å². The summed E-state index contributed by atoms with van der Waals surface area (Å²) in [5.74, 6) is 6.46. The first-order chi connectivity index (χ1) is 5.36. The number of rotatable bonds is 6. The molecule has 0 aromatic rings. The molecule has 0 aromatic heterocycles. The van der Waals surface area contributed by atoms with Crippen LogP contribution in [0.1, 0.15) is 45.4 Å². The molecule has 0 aliphatic heterocycles. The first-order valence-corrected chi connectivity index (χ1v) is 4.83. The SMILES string of the molecule is CCCC(CCC1CC1)NN. The lowest BCUT2D eigenvalue weighted by Gasteiger charge is -2.13. The molecule has 1 saturated carbocycles. The molecule has 0 heterocycles. The first kappa shape index (κ1) is 9.01.